The van der Waals surface area contributed by atoms with E-state index >= 15 is 0 Å². The van der Waals surface area contributed by atoms with Crippen LogP contribution in [0.1, 0.15) is 18.9 Å². The van der Waals surface area contributed by atoms with E-state index < -0.39 is 0 Å². The SMILES string of the molecule is CCCn1nccc1-c1ccc(N)cc1C. The molecule has 0 saturated carbocycles. The molecule has 0 radical (unpaired) electrons. The minimum atomic E-state index is 0.808. The van der Waals surface area contributed by atoms with Crippen LogP contribution in [-0.2, 0) is 6.54 Å². The van der Waals surface area contributed by atoms with Crippen LogP contribution in [0.15, 0.2) is 30.5 Å². The third-order valence-corrected chi connectivity index (χ3v) is 2.68. The molecule has 84 valence electrons. The van der Waals surface area contributed by atoms with Gasteiger partial charge in [0.2, 0.25) is 0 Å². The average molecular weight is 215 g/mol. The lowest BCUT2D eigenvalue weighted by atomic mass is 10.1. The first kappa shape index (κ1) is 10.7. The number of hydrogen-bond acceptors (Lipinski definition) is 2. The topological polar surface area (TPSA) is 43.8 Å². The van der Waals surface area contributed by atoms with E-state index in [2.05, 4.69) is 25.0 Å². The highest BCUT2D eigenvalue weighted by Gasteiger charge is 2.07. The highest BCUT2D eigenvalue weighted by atomic mass is 15.3. The maximum Gasteiger partial charge on any atom is 0.0684 e. The van der Waals surface area contributed by atoms with Crippen LogP contribution < -0.4 is 5.73 Å². The summed E-state index contributed by atoms with van der Waals surface area (Å²) in [5, 5.41) is 4.33. The van der Waals surface area contributed by atoms with Crippen LogP contribution in [0.4, 0.5) is 5.69 Å². The molecule has 0 aliphatic carbocycles. The van der Waals surface area contributed by atoms with Crippen LogP contribution >= 0.6 is 0 Å². The summed E-state index contributed by atoms with van der Waals surface area (Å²) in [5.74, 6) is 0. The molecule has 0 bridgehead atoms. The van der Waals surface area contributed by atoms with Gasteiger partial charge in [-0.25, -0.2) is 0 Å². The Balaban J connectivity index is 2.46. The summed E-state index contributed by atoms with van der Waals surface area (Å²) in [5.41, 5.74) is 10.1. The smallest absolute Gasteiger partial charge is 0.0684 e. The number of nitrogens with two attached hydrogens (primary N) is 1. The van der Waals surface area contributed by atoms with E-state index in [9.17, 15) is 0 Å². The normalized spacial score (nSPS) is 10.6. The number of benzene rings is 1. The molecule has 0 atom stereocenters. The quantitative estimate of drug-likeness (QED) is 0.800. The van der Waals surface area contributed by atoms with Gasteiger partial charge in [-0.15, -0.1) is 0 Å². The minimum Gasteiger partial charge on any atom is -0.399 e. The van der Waals surface area contributed by atoms with E-state index in [0.29, 0.717) is 0 Å². The Kier molecular flexibility index (Phi) is 2.95. The number of aromatic nitrogens is 2. The van der Waals surface area contributed by atoms with Gasteiger partial charge in [-0.1, -0.05) is 13.0 Å². The van der Waals surface area contributed by atoms with Crippen molar-refractivity contribution in [1.29, 1.82) is 0 Å². The Labute approximate surface area is 95.9 Å². The summed E-state index contributed by atoms with van der Waals surface area (Å²) >= 11 is 0. The number of nitrogens with zero attached hydrogens (tertiary/aromatic N) is 2. The molecule has 0 spiro atoms. The second kappa shape index (κ2) is 4.39. The summed E-state index contributed by atoms with van der Waals surface area (Å²) in [6, 6.07) is 8.05. The highest BCUT2D eigenvalue weighted by molar-refractivity contribution is 5.66. The Morgan fingerprint density at radius 1 is 1.31 bits per heavy atom. The summed E-state index contributed by atoms with van der Waals surface area (Å²) in [6.45, 7) is 5.18. The molecule has 2 rings (SSSR count). The van der Waals surface area contributed by atoms with E-state index in [1.165, 1.54) is 16.8 Å². The molecule has 1 aromatic heterocycles. The van der Waals surface area contributed by atoms with E-state index in [1.807, 2.05) is 29.1 Å². The van der Waals surface area contributed by atoms with E-state index in [1.54, 1.807) is 0 Å². The maximum absolute atomic E-state index is 5.76. The molecule has 2 N–H and O–H groups in total. The summed E-state index contributed by atoms with van der Waals surface area (Å²) in [7, 11) is 0. The van der Waals surface area contributed by atoms with Gasteiger partial charge in [0.1, 0.15) is 0 Å². The van der Waals surface area contributed by atoms with Gasteiger partial charge in [-0.2, -0.15) is 5.10 Å². The van der Waals surface area contributed by atoms with Crippen LogP contribution in [-0.4, -0.2) is 9.78 Å². The minimum absolute atomic E-state index is 0.808. The molecule has 1 heterocycles. The number of anilines is 1. The molecule has 0 aliphatic rings. The summed E-state index contributed by atoms with van der Waals surface area (Å²) in [6.07, 6.45) is 2.93. The zero-order valence-corrected chi connectivity index (χ0v) is 9.77. The lowest BCUT2D eigenvalue weighted by molar-refractivity contribution is 0.609. The maximum atomic E-state index is 5.76. The first-order chi connectivity index (χ1) is 7.72. The van der Waals surface area contributed by atoms with Crippen molar-refractivity contribution >= 4 is 5.69 Å². The molecule has 0 amide bonds. The molecule has 0 fully saturated rings. The van der Waals surface area contributed by atoms with Crippen LogP contribution in [0.3, 0.4) is 0 Å². The van der Waals surface area contributed by atoms with Crippen molar-refractivity contribution in [2.45, 2.75) is 26.8 Å². The van der Waals surface area contributed by atoms with Crippen molar-refractivity contribution in [2.24, 2.45) is 0 Å². The van der Waals surface area contributed by atoms with Gasteiger partial charge < -0.3 is 5.73 Å². The number of aryl methyl sites for hydroxylation is 2. The van der Waals surface area contributed by atoms with Gasteiger partial charge in [-0.05, 0) is 37.1 Å². The first-order valence-electron chi connectivity index (χ1n) is 5.60. The summed E-state index contributed by atoms with van der Waals surface area (Å²) < 4.78 is 2.04. The lowest BCUT2D eigenvalue weighted by Gasteiger charge is -2.09. The Morgan fingerprint density at radius 2 is 2.12 bits per heavy atom. The zero-order chi connectivity index (χ0) is 11.5. The monoisotopic (exact) mass is 215 g/mol. The second-order valence-electron chi connectivity index (χ2n) is 4.01. The van der Waals surface area contributed by atoms with E-state index in [-0.39, 0.29) is 0 Å². The third-order valence-electron chi connectivity index (χ3n) is 2.68. The van der Waals surface area contributed by atoms with E-state index in [4.69, 9.17) is 5.73 Å². The second-order valence-corrected chi connectivity index (χ2v) is 4.01. The van der Waals surface area contributed by atoms with Crippen molar-refractivity contribution in [3.63, 3.8) is 0 Å². The van der Waals surface area contributed by atoms with Gasteiger partial charge in [-0.3, -0.25) is 4.68 Å². The van der Waals surface area contributed by atoms with E-state index in [0.717, 1.165) is 18.7 Å². The van der Waals surface area contributed by atoms with Crippen molar-refractivity contribution in [3.05, 3.63) is 36.0 Å². The summed E-state index contributed by atoms with van der Waals surface area (Å²) in [4.78, 5) is 0. The van der Waals surface area contributed by atoms with Crippen LogP contribution in [0.5, 0.6) is 0 Å². The molecule has 0 aliphatic heterocycles. The molecule has 1 aromatic carbocycles. The molecule has 3 nitrogen and oxygen atoms in total. The van der Waals surface area contributed by atoms with Crippen molar-refractivity contribution < 1.29 is 0 Å². The number of rotatable bonds is 3. The Morgan fingerprint density at radius 3 is 2.81 bits per heavy atom. The number of hydrogen-bond donors (Lipinski definition) is 1. The van der Waals surface area contributed by atoms with Gasteiger partial charge in [0.15, 0.2) is 0 Å². The van der Waals surface area contributed by atoms with Crippen molar-refractivity contribution in [1.82, 2.24) is 9.78 Å². The van der Waals surface area contributed by atoms with Crippen LogP contribution in [0, 0.1) is 6.92 Å². The van der Waals surface area contributed by atoms with Gasteiger partial charge in [0.25, 0.3) is 0 Å². The molecule has 3 heteroatoms. The highest BCUT2D eigenvalue weighted by Crippen LogP contribution is 2.24. The van der Waals surface area contributed by atoms with Crippen LogP contribution in [0.25, 0.3) is 11.3 Å². The van der Waals surface area contributed by atoms with Crippen LogP contribution in [0.2, 0.25) is 0 Å². The van der Waals surface area contributed by atoms with Gasteiger partial charge in [0.05, 0.1) is 5.69 Å². The van der Waals surface area contributed by atoms with Crippen molar-refractivity contribution in [3.8, 4) is 11.3 Å². The molecule has 0 unspecified atom stereocenters. The fraction of sp³-hybridized carbons (Fsp3) is 0.308. The predicted octanol–water partition coefficient (Wildman–Crippen LogP) is 2.85. The molecule has 16 heavy (non-hydrogen) atoms. The fourth-order valence-corrected chi connectivity index (χ4v) is 1.93. The molecular formula is C13H17N3. The number of nitrogen functional groups attached to an aromatic ring is 1. The van der Waals surface area contributed by atoms with Gasteiger partial charge >= 0.3 is 0 Å². The molecule has 0 saturated heterocycles. The fourth-order valence-electron chi connectivity index (χ4n) is 1.93. The largest absolute Gasteiger partial charge is 0.399 e. The molecular weight excluding hydrogens is 198 g/mol. The first-order valence-corrected chi connectivity index (χ1v) is 5.60. The van der Waals surface area contributed by atoms with Crippen molar-refractivity contribution in [2.75, 3.05) is 5.73 Å². The standard InChI is InChI=1S/C13H17N3/c1-3-8-16-13(6-7-15-16)12-5-4-11(14)9-10(12)2/h4-7,9H,3,8,14H2,1-2H3. The third kappa shape index (κ3) is 1.94. The Bertz CT molecular complexity index is 486. The predicted molar refractivity (Wildman–Crippen MR) is 67.1 cm³/mol. The lowest BCUT2D eigenvalue weighted by Crippen LogP contribution is -2.02. The Hall–Kier alpha value is -1.77. The average Bonchev–Trinajstić information content (AvgIpc) is 2.67. The zero-order valence-electron chi connectivity index (χ0n) is 9.77. The van der Waals surface area contributed by atoms with Gasteiger partial charge in [0, 0.05) is 24.0 Å². The molecule has 2 aromatic rings.